The fourth-order valence-corrected chi connectivity index (χ4v) is 4.65. The lowest BCUT2D eigenvalue weighted by molar-refractivity contribution is 0.413. The van der Waals surface area contributed by atoms with Gasteiger partial charge in [0.1, 0.15) is 5.54 Å². The van der Waals surface area contributed by atoms with Crippen LogP contribution in [0, 0.1) is 12.8 Å². The van der Waals surface area contributed by atoms with Crippen LogP contribution < -0.4 is 5.56 Å². The van der Waals surface area contributed by atoms with Crippen LogP contribution in [0.15, 0.2) is 75.6 Å². The number of aromatic nitrogens is 1. The van der Waals surface area contributed by atoms with Gasteiger partial charge in [-0.2, -0.15) is 0 Å². The minimum Gasteiger partial charge on any atom is -0.326 e. The number of nitrogens with zero attached hydrogens (tertiary/aromatic N) is 1. The molecule has 4 rings (SSSR count). The van der Waals surface area contributed by atoms with Crippen molar-refractivity contribution in [2.45, 2.75) is 39.2 Å². The normalized spacial score (nSPS) is 25.3. The van der Waals surface area contributed by atoms with E-state index >= 15 is 0 Å². The summed E-state index contributed by atoms with van der Waals surface area (Å²) in [6.07, 6.45) is 12.2. The van der Waals surface area contributed by atoms with Crippen LogP contribution in [0.1, 0.15) is 42.7 Å². The van der Waals surface area contributed by atoms with Gasteiger partial charge in [0, 0.05) is 35.9 Å². The predicted molar refractivity (Wildman–Crippen MR) is 117 cm³/mol. The molecule has 1 heterocycles. The van der Waals surface area contributed by atoms with Gasteiger partial charge in [-0.05, 0) is 50.5 Å². The van der Waals surface area contributed by atoms with Crippen molar-refractivity contribution in [1.82, 2.24) is 4.98 Å². The molecule has 0 aliphatic heterocycles. The lowest BCUT2D eigenvalue weighted by Gasteiger charge is -2.45. The number of H-pyrrole nitrogens is 1. The van der Waals surface area contributed by atoms with E-state index < -0.39 is 5.54 Å². The number of nitrogens with one attached hydrogen (secondary N) is 1. The van der Waals surface area contributed by atoms with Gasteiger partial charge in [0.2, 0.25) is 5.56 Å². The highest BCUT2D eigenvalue weighted by Gasteiger charge is 2.46. The molecule has 0 radical (unpaired) electrons. The van der Waals surface area contributed by atoms with Crippen LogP contribution in [0.25, 0.3) is 6.08 Å². The van der Waals surface area contributed by atoms with Crippen LogP contribution in [-0.4, -0.2) is 11.2 Å². The van der Waals surface area contributed by atoms with Gasteiger partial charge in [-0.3, -0.25) is 9.79 Å². The molecule has 2 atom stereocenters. The maximum absolute atomic E-state index is 11.9. The minimum atomic E-state index is -0.423. The van der Waals surface area contributed by atoms with Crippen LogP contribution in [0.5, 0.6) is 0 Å². The Balaban J connectivity index is 1.76. The Kier molecular flexibility index (Phi) is 4.76. The Morgan fingerprint density at radius 1 is 1.14 bits per heavy atom. The monoisotopic (exact) mass is 370 g/mol. The van der Waals surface area contributed by atoms with Gasteiger partial charge in [0.05, 0.1) is 0 Å². The van der Waals surface area contributed by atoms with Crippen molar-refractivity contribution < 1.29 is 0 Å². The van der Waals surface area contributed by atoms with E-state index in [-0.39, 0.29) is 5.56 Å². The topological polar surface area (TPSA) is 45.2 Å². The number of aliphatic imine (C=N–C) groups is 1. The Morgan fingerprint density at radius 2 is 1.93 bits per heavy atom. The SMILES string of the molecule is CC=C1[C@H]2C=C(C)C[C@]1(N=CC=Cc1ccc(C)cc1)c1ccc(=O)[nH]c1C2. The molecule has 0 unspecified atom stereocenters. The molecule has 3 nitrogen and oxygen atoms in total. The van der Waals surface area contributed by atoms with Crippen molar-refractivity contribution >= 4 is 12.3 Å². The van der Waals surface area contributed by atoms with Crippen molar-refractivity contribution in [2.75, 3.05) is 0 Å². The number of pyridine rings is 1. The lowest BCUT2D eigenvalue weighted by Crippen LogP contribution is -2.40. The number of rotatable bonds is 3. The summed E-state index contributed by atoms with van der Waals surface area (Å²) >= 11 is 0. The van der Waals surface area contributed by atoms with Crippen LogP contribution in [0.4, 0.5) is 0 Å². The fourth-order valence-electron chi connectivity index (χ4n) is 4.65. The molecule has 0 amide bonds. The van der Waals surface area contributed by atoms with Crippen LogP contribution in [-0.2, 0) is 12.0 Å². The Bertz CT molecular complexity index is 1070. The van der Waals surface area contributed by atoms with Gasteiger partial charge in [-0.15, -0.1) is 0 Å². The van der Waals surface area contributed by atoms with Crippen LogP contribution >= 0.6 is 0 Å². The molecule has 28 heavy (non-hydrogen) atoms. The van der Waals surface area contributed by atoms with Crippen LogP contribution in [0.3, 0.4) is 0 Å². The molecule has 1 N–H and O–H groups in total. The van der Waals surface area contributed by atoms with Crippen molar-refractivity contribution in [3.63, 3.8) is 0 Å². The largest absolute Gasteiger partial charge is 0.326 e. The number of hydrogen-bond acceptors (Lipinski definition) is 2. The predicted octanol–water partition coefficient (Wildman–Crippen LogP) is 5.13. The van der Waals surface area contributed by atoms with Crippen molar-refractivity contribution in [2.24, 2.45) is 10.9 Å². The second-order valence-corrected chi connectivity index (χ2v) is 7.87. The summed E-state index contributed by atoms with van der Waals surface area (Å²) in [6, 6.07) is 12.0. The van der Waals surface area contributed by atoms with E-state index in [0.29, 0.717) is 5.92 Å². The molecule has 3 heteroatoms. The van der Waals surface area contributed by atoms with Gasteiger partial charge in [-0.25, -0.2) is 0 Å². The summed E-state index contributed by atoms with van der Waals surface area (Å²) in [4.78, 5) is 20.0. The summed E-state index contributed by atoms with van der Waals surface area (Å²) < 4.78 is 0. The van der Waals surface area contributed by atoms with E-state index in [1.165, 1.54) is 16.7 Å². The first-order valence-corrected chi connectivity index (χ1v) is 9.87. The maximum Gasteiger partial charge on any atom is 0.248 e. The van der Waals surface area contributed by atoms with Gasteiger partial charge >= 0.3 is 0 Å². The van der Waals surface area contributed by atoms with Crippen molar-refractivity contribution in [3.05, 3.63) is 98.5 Å². The zero-order valence-electron chi connectivity index (χ0n) is 16.7. The smallest absolute Gasteiger partial charge is 0.248 e. The molecule has 0 saturated heterocycles. The van der Waals surface area contributed by atoms with E-state index in [2.05, 4.69) is 68.2 Å². The van der Waals surface area contributed by atoms with E-state index in [9.17, 15) is 4.79 Å². The highest BCUT2D eigenvalue weighted by molar-refractivity contribution is 5.79. The minimum absolute atomic E-state index is 0.0418. The second-order valence-electron chi connectivity index (χ2n) is 7.87. The number of aryl methyl sites for hydroxylation is 1. The van der Waals surface area contributed by atoms with Crippen LogP contribution in [0.2, 0.25) is 0 Å². The standard InChI is InChI=1S/C25H26N2O/c1-4-21-20-14-18(3)16-25(21,22-11-12-24(28)27-23(22)15-20)26-13-5-6-19-9-7-17(2)8-10-19/h4-14,20H,15-16H2,1-3H3,(H,27,28)/t20-,25+/m0/s1. The van der Waals surface area contributed by atoms with E-state index in [1.54, 1.807) is 6.07 Å². The van der Waals surface area contributed by atoms with E-state index in [0.717, 1.165) is 29.7 Å². The van der Waals surface area contributed by atoms with Gasteiger partial charge in [-0.1, -0.05) is 53.6 Å². The third-order valence-electron chi connectivity index (χ3n) is 5.83. The molecule has 0 fully saturated rings. The molecular weight excluding hydrogens is 344 g/mol. The van der Waals surface area contributed by atoms with Gasteiger partial charge < -0.3 is 4.98 Å². The van der Waals surface area contributed by atoms with Gasteiger partial charge in [0.15, 0.2) is 0 Å². The number of allylic oxidation sites excluding steroid dienone is 3. The average Bonchev–Trinajstić information content (AvgIpc) is 2.66. The summed E-state index contributed by atoms with van der Waals surface area (Å²) in [7, 11) is 0. The summed E-state index contributed by atoms with van der Waals surface area (Å²) in [5.74, 6) is 0.294. The first kappa shape index (κ1) is 18.4. The van der Waals surface area contributed by atoms with Crippen molar-refractivity contribution in [1.29, 1.82) is 0 Å². The quantitative estimate of drug-likeness (QED) is 0.591. The first-order chi connectivity index (χ1) is 13.5. The van der Waals surface area contributed by atoms with Crippen molar-refractivity contribution in [3.8, 4) is 0 Å². The fraction of sp³-hybridized carbons (Fsp3) is 0.280. The Hall–Kier alpha value is -2.94. The highest BCUT2D eigenvalue weighted by Crippen LogP contribution is 2.51. The number of aromatic amines is 1. The third-order valence-corrected chi connectivity index (χ3v) is 5.83. The molecule has 2 aromatic rings. The molecule has 1 aromatic carbocycles. The molecule has 2 aliphatic carbocycles. The Morgan fingerprint density at radius 3 is 2.68 bits per heavy atom. The summed E-state index contributed by atoms with van der Waals surface area (Å²) in [5, 5.41) is 0. The summed E-state index contributed by atoms with van der Waals surface area (Å²) in [6.45, 7) is 6.37. The molecule has 2 bridgehead atoms. The molecule has 0 saturated carbocycles. The number of benzene rings is 1. The zero-order chi connectivity index (χ0) is 19.7. The molecule has 1 aromatic heterocycles. The number of fused-ring (bicyclic) bond motifs is 4. The first-order valence-electron chi connectivity index (χ1n) is 9.87. The molecule has 2 aliphatic rings. The van der Waals surface area contributed by atoms with Gasteiger partial charge in [0.25, 0.3) is 0 Å². The maximum atomic E-state index is 11.9. The molecule has 0 spiro atoms. The lowest BCUT2D eigenvalue weighted by atomic mass is 9.63. The summed E-state index contributed by atoms with van der Waals surface area (Å²) in [5.41, 5.74) is 6.78. The third kappa shape index (κ3) is 3.22. The van der Waals surface area contributed by atoms with E-state index in [1.807, 2.05) is 18.4 Å². The Labute approximate surface area is 166 Å². The second kappa shape index (κ2) is 7.23. The number of hydrogen-bond donors (Lipinski definition) is 1. The van der Waals surface area contributed by atoms with E-state index in [4.69, 9.17) is 4.99 Å². The molecule has 142 valence electrons. The molecular formula is C25H26N2O. The highest BCUT2D eigenvalue weighted by atomic mass is 16.1. The average molecular weight is 370 g/mol. The zero-order valence-corrected chi connectivity index (χ0v) is 16.7.